The number of ether oxygens (including phenoxy) is 2. The highest BCUT2D eigenvalue weighted by Gasteiger charge is 2.10. The number of hydrogen-bond donors (Lipinski definition) is 1. The van der Waals surface area contributed by atoms with Crippen LogP contribution in [0.15, 0.2) is 18.2 Å². The van der Waals surface area contributed by atoms with Crippen LogP contribution in [-0.4, -0.2) is 26.4 Å². The Labute approximate surface area is 98.8 Å². The molecule has 1 rings (SSSR count). The summed E-state index contributed by atoms with van der Waals surface area (Å²) in [6, 6.07) is 3.10. The van der Waals surface area contributed by atoms with Gasteiger partial charge in [-0.3, -0.25) is 9.59 Å². The summed E-state index contributed by atoms with van der Waals surface area (Å²) in [4.78, 5) is 21.4. The SMILES string of the molecule is COc1cc(C=O)cc(OC)c1C=CC(N)=O. The van der Waals surface area contributed by atoms with Crippen molar-refractivity contribution >= 4 is 18.3 Å². The van der Waals surface area contributed by atoms with E-state index in [0.717, 1.165) is 0 Å². The van der Waals surface area contributed by atoms with E-state index in [-0.39, 0.29) is 0 Å². The van der Waals surface area contributed by atoms with E-state index < -0.39 is 5.91 Å². The van der Waals surface area contributed by atoms with Crippen molar-refractivity contribution in [2.45, 2.75) is 0 Å². The molecule has 0 aliphatic carbocycles. The highest BCUT2D eigenvalue weighted by atomic mass is 16.5. The molecular weight excluding hydrogens is 222 g/mol. The molecule has 0 aromatic heterocycles. The number of carbonyl (C=O) groups is 2. The van der Waals surface area contributed by atoms with Gasteiger partial charge < -0.3 is 15.2 Å². The van der Waals surface area contributed by atoms with Gasteiger partial charge in [-0.2, -0.15) is 0 Å². The number of nitrogens with two attached hydrogens (primary N) is 1. The van der Waals surface area contributed by atoms with Crippen LogP contribution in [0, 0.1) is 0 Å². The molecule has 5 nitrogen and oxygen atoms in total. The second-order valence-corrected chi connectivity index (χ2v) is 3.19. The monoisotopic (exact) mass is 235 g/mol. The van der Waals surface area contributed by atoms with Crippen molar-refractivity contribution < 1.29 is 19.1 Å². The Morgan fingerprint density at radius 2 is 1.76 bits per heavy atom. The summed E-state index contributed by atoms with van der Waals surface area (Å²) in [7, 11) is 2.93. The lowest BCUT2D eigenvalue weighted by atomic mass is 10.1. The molecule has 2 N–H and O–H groups in total. The van der Waals surface area contributed by atoms with Crippen molar-refractivity contribution in [3.8, 4) is 11.5 Å². The summed E-state index contributed by atoms with van der Waals surface area (Å²) in [5.41, 5.74) is 6.00. The summed E-state index contributed by atoms with van der Waals surface area (Å²) in [5.74, 6) is 0.293. The molecule has 0 saturated carbocycles. The van der Waals surface area contributed by atoms with E-state index in [0.29, 0.717) is 28.9 Å². The molecule has 0 radical (unpaired) electrons. The summed E-state index contributed by atoms with van der Waals surface area (Å²) in [5, 5.41) is 0. The normalized spacial score (nSPS) is 10.2. The van der Waals surface area contributed by atoms with Gasteiger partial charge in [0, 0.05) is 11.6 Å². The van der Waals surface area contributed by atoms with Gasteiger partial charge in [0.05, 0.1) is 19.8 Å². The van der Waals surface area contributed by atoms with Gasteiger partial charge in [0.2, 0.25) is 5.91 Å². The van der Waals surface area contributed by atoms with Crippen molar-refractivity contribution in [1.29, 1.82) is 0 Å². The maximum Gasteiger partial charge on any atom is 0.241 e. The minimum atomic E-state index is -0.575. The van der Waals surface area contributed by atoms with Crippen molar-refractivity contribution in [2.24, 2.45) is 5.73 Å². The van der Waals surface area contributed by atoms with E-state index in [1.165, 1.54) is 26.4 Å². The van der Waals surface area contributed by atoms with Gasteiger partial charge in [0.15, 0.2) is 0 Å². The van der Waals surface area contributed by atoms with Gasteiger partial charge >= 0.3 is 0 Å². The number of benzene rings is 1. The number of carbonyl (C=O) groups excluding carboxylic acids is 2. The first-order valence-corrected chi connectivity index (χ1v) is 4.81. The highest BCUT2D eigenvalue weighted by molar-refractivity contribution is 5.91. The molecule has 5 heteroatoms. The molecule has 1 amide bonds. The maximum absolute atomic E-state index is 10.7. The molecule has 0 spiro atoms. The zero-order valence-corrected chi connectivity index (χ0v) is 9.60. The van der Waals surface area contributed by atoms with Gasteiger partial charge in [0.25, 0.3) is 0 Å². The van der Waals surface area contributed by atoms with Gasteiger partial charge in [-0.25, -0.2) is 0 Å². The number of hydrogen-bond acceptors (Lipinski definition) is 4. The van der Waals surface area contributed by atoms with Crippen LogP contribution in [0.1, 0.15) is 15.9 Å². The average molecular weight is 235 g/mol. The molecule has 17 heavy (non-hydrogen) atoms. The van der Waals surface area contributed by atoms with Gasteiger partial charge in [-0.1, -0.05) is 0 Å². The zero-order valence-electron chi connectivity index (χ0n) is 9.60. The van der Waals surface area contributed by atoms with Gasteiger partial charge in [-0.15, -0.1) is 0 Å². The molecule has 0 heterocycles. The number of amides is 1. The van der Waals surface area contributed by atoms with Crippen LogP contribution in [0.4, 0.5) is 0 Å². The highest BCUT2D eigenvalue weighted by Crippen LogP contribution is 2.31. The summed E-state index contributed by atoms with van der Waals surface area (Å²) in [6.45, 7) is 0. The third-order valence-corrected chi connectivity index (χ3v) is 2.12. The first-order valence-electron chi connectivity index (χ1n) is 4.81. The Morgan fingerprint density at radius 3 is 2.12 bits per heavy atom. The second-order valence-electron chi connectivity index (χ2n) is 3.19. The molecule has 90 valence electrons. The fourth-order valence-corrected chi connectivity index (χ4v) is 1.36. The number of aldehydes is 1. The van der Waals surface area contributed by atoms with E-state index in [1.807, 2.05) is 0 Å². The van der Waals surface area contributed by atoms with Crippen LogP contribution >= 0.6 is 0 Å². The molecule has 0 aliphatic heterocycles. The van der Waals surface area contributed by atoms with Crippen LogP contribution in [0.25, 0.3) is 6.08 Å². The average Bonchev–Trinajstić information content (AvgIpc) is 2.34. The third kappa shape index (κ3) is 3.07. The predicted octanol–water partition coefficient (Wildman–Crippen LogP) is 1.01. The zero-order chi connectivity index (χ0) is 12.8. The van der Waals surface area contributed by atoms with Gasteiger partial charge in [-0.05, 0) is 18.2 Å². The first-order chi connectivity index (χ1) is 8.12. The minimum Gasteiger partial charge on any atom is -0.496 e. The van der Waals surface area contributed by atoms with E-state index in [4.69, 9.17) is 15.2 Å². The number of rotatable bonds is 5. The van der Waals surface area contributed by atoms with Crippen LogP contribution in [0.2, 0.25) is 0 Å². The Hall–Kier alpha value is -2.30. The molecule has 0 unspecified atom stereocenters. The number of primary amides is 1. The Morgan fingerprint density at radius 1 is 1.24 bits per heavy atom. The van der Waals surface area contributed by atoms with Crippen LogP contribution in [0.5, 0.6) is 11.5 Å². The Kier molecular flexibility index (Phi) is 4.28. The van der Waals surface area contributed by atoms with Gasteiger partial charge in [0.1, 0.15) is 17.8 Å². The fraction of sp³-hybridized carbons (Fsp3) is 0.167. The largest absolute Gasteiger partial charge is 0.496 e. The smallest absolute Gasteiger partial charge is 0.241 e. The topological polar surface area (TPSA) is 78.6 Å². The standard InChI is InChI=1S/C12H13NO4/c1-16-10-5-8(7-14)6-11(17-2)9(10)3-4-12(13)15/h3-7H,1-2H3,(H2,13,15). The Balaban J connectivity index is 3.34. The molecule has 0 saturated heterocycles. The molecule has 1 aromatic carbocycles. The molecular formula is C12H13NO4. The van der Waals surface area contributed by atoms with Crippen molar-refractivity contribution in [2.75, 3.05) is 14.2 Å². The maximum atomic E-state index is 10.7. The Bertz CT molecular complexity index is 441. The van der Waals surface area contributed by atoms with E-state index >= 15 is 0 Å². The van der Waals surface area contributed by atoms with E-state index in [1.54, 1.807) is 12.1 Å². The van der Waals surface area contributed by atoms with E-state index in [2.05, 4.69) is 0 Å². The van der Waals surface area contributed by atoms with Crippen LogP contribution in [-0.2, 0) is 4.79 Å². The quantitative estimate of drug-likeness (QED) is 0.610. The molecule has 0 bridgehead atoms. The van der Waals surface area contributed by atoms with Crippen molar-refractivity contribution in [3.63, 3.8) is 0 Å². The molecule has 0 fully saturated rings. The minimum absolute atomic E-state index is 0.426. The lowest BCUT2D eigenvalue weighted by molar-refractivity contribution is -0.113. The van der Waals surface area contributed by atoms with Crippen LogP contribution in [0.3, 0.4) is 0 Å². The summed E-state index contributed by atoms with van der Waals surface area (Å²) >= 11 is 0. The lowest BCUT2D eigenvalue weighted by Crippen LogP contribution is -2.05. The molecule has 1 aromatic rings. The van der Waals surface area contributed by atoms with Crippen LogP contribution < -0.4 is 15.2 Å². The second kappa shape index (κ2) is 5.69. The summed E-state index contributed by atoms with van der Waals surface area (Å²) in [6.07, 6.45) is 3.36. The van der Waals surface area contributed by atoms with E-state index in [9.17, 15) is 9.59 Å². The molecule has 0 atom stereocenters. The van der Waals surface area contributed by atoms with Crippen molar-refractivity contribution in [1.82, 2.24) is 0 Å². The predicted molar refractivity (Wildman–Crippen MR) is 63.2 cm³/mol. The number of methoxy groups -OCH3 is 2. The molecule has 0 aliphatic rings. The lowest BCUT2D eigenvalue weighted by Gasteiger charge is -2.10. The fourth-order valence-electron chi connectivity index (χ4n) is 1.36. The summed E-state index contributed by atoms with van der Waals surface area (Å²) < 4.78 is 10.2. The first kappa shape index (κ1) is 12.8. The van der Waals surface area contributed by atoms with Crippen molar-refractivity contribution in [3.05, 3.63) is 29.3 Å². The third-order valence-electron chi connectivity index (χ3n) is 2.12.